The van der Waals surface area contributed by atoms with E-state index in [1.165, 1.54) is 5.56 Å². The van der Waals surface area contributed by atoms with E-state index in [2.05, 4.69) is 38.2 Å². The summed E-state index contributed by atoms with van der Waals surface area (Å²) in [4.78, 5) is 11.3. The number of aryl methyl sites for hydroxylation is 2. The number of hydrogen-bond acceptors (Lipinski definition) is 2. The highest BCUT2D eigenvalue weighted by Crippen LogP contribution is 2.29. The van der Waals surface area contributed by atoms with Gasteiger partial charge in [-0.3, -0.25) is 4.79 Å². The first-order valence-corrected chi connectivity index (χ1v) is 6.20. The van der Waals surface area contributed by atoms with Crippen LogP contribution in [0.1, 0.15) is 49.1 Å². The van der Waals surface area contributed by atoms with Crippen LogP contribution in [-0.4, -0.2) is 18.1 Å². The smallest absolute Gasteiger partial charge is 0.325 e. The fourth-order valence-corrected chi connectivity index (χ4v) is 2.25. The Hall–Kier alpha value is -1.35. The Balaban J connectivity index is 3.37. The third-order valence-corrected chi connectivity index (χ3v) is 3.28. The van der Waals surface area contributed by atoms with Crippen molar-refractivity contribution >= 4 is 5.97 Å². The number of aliphatic carboxylic acids is 1. The molecule has 0 aliphatic rings. The molecule has 1 atom stereocenters. The SMILES string of the molecule is CNC(C(=O)O)c1c(C)cc(C(C)(C)C)cc1C. The maximum Gasteiger partial charge on any atom is 0.325 e. The largest absolute Gasteiger partial charge is 0.480 e. The molecule has 0 aliphatic carbocycles. The average Bonchev–Trinajstić information content (AvgIpc) is 2.20. The zero-order valence-electron chi connectivity index (χ0n) is 12.1. The Morgan fingerprint density at radius 2 is 1.67 bits per heavy atom. The van der Waals surface area contributed by atoms with E-state index in [0.29, 0.717) is 0 Å². The molecule has 3 nitrogen and oxygen atoms in total. The van der Waals surface area contributed by atoms with Gasteiger partial charge >= 0.3 is 5.97 Å². The molecule has 0 radical (unpaired) electrons. The molecule has 0 fully saturated rings. The van der Waals surface area contributed by atoms with Crippen molar-refractivity contribution in [2.45, 2.75) is 46.1 Å². The van der Waals surface area contributed by atoms with Gasteiger partial charge in [0.1, 0.15) is 6.04 Å². The number of benzene rings is 1. The Morgan fingerprint density at radius 3 is 1.94 bits per heavy atom. The molecule has 0 aromatic heterocycles. The van der Waals surface area contributed by atoms with Gasteiger partial charge < -0.3 is 10.4 Å². The summed E-state index contributed by atoms with van der Waals surface area (Å²) in [6.45, 7) is 10.4. The summed E-state index contributed by atoms with van der Waals surface area (Å²) in [5, 5.41) is 12.1. The van der Waals surface area contributed by atoms with Crippen molar-refractivity contribution < 1.29 is 9.90 Å². The van der Waals surface area contributed by atoms with Crippen LogP contribution in [0.25, 0.3) is 0 Å². The molecule has 1 aromatic carbocycles. The number of nitrogens with one attached hydrogen (secondary N) is 1. The van der Waals surface area contributed by atoms with E-state index < -0.39 is 12.0 Å². The Kier molecular flexibility index (Phi) is 4.17. The maximum atomic E-state index is 11.3. The minimum absolute atomic E-state index is 0.0758. The Labute approximate surface area is 109 Å². The number of carboxylic acids is 1. The van der Waals surface area contributed by atoms with Gasteiger partial charge in [0.15, 0.2) is 0 Å². The molecule has 0 saturated heterocycles. The molecule has 0 aliphatic heterocycles. The predicted octanol–water partition coefficient (Wildman–Crippen LogP) is 2.95. The van der Waals surface area contributed by atoms with Crippen LogP contribution in [0.5, 0.6) is 0 Å². The number of carbonyl (C=O) groups is 1. The van der Waals surface area contributed by atoms with Crippen molar-refractivity contribution in [3.8, 4) is 0 Å². The van der Waals surface area contributed by atoms with Gasteiger partial charge in [-0.1, -0.05) is 32.9 Å². The molecular weight excluding hydrogens is 226 g/mol. The van der Waals surface area contributed by atoms with Crippen LogP contribution in [0, 0.1) is 13.8 Å². The van der Waals surface area contributed by atoms with E-state index in [0.717, 1.165) is 16.7 Å². The van der Waals surface area contributed by atoms with E-state index in [9.17, 15) is 9.90 Å². The van der Waals surface area contributed by atoms with Crippen molar-refractivity contribution in [1.82, 2.24) is 5.32 Å². The molecule has 18 heavy (non-hydrogen) atoms. The number of carboxylic acid groups (broad SMARTS) is 1. The fourth-order valence-electron chi connectivity index (χ4n) is 2.25. The van der Waals surface area contributed by atoms with Crippen LogP contribution in [0.15, 0.2) is 12.1 Å². The molecular formula is C15H23NO2. The normalized spacial score (nSPS) is 13.4. The quantitative estimate of drug-likeness (QED) is 0.866. The van der Waals surface area contributed by atoms with Crippen molar-refractivity contribution in [3.63, 3.8) is 0 Å². The van der Waals surface area contributed by atoms with Gasteiger partial charge in [-0.25, -0.2) is 0 Å². The maximum absolute atomic E-state index is 11.3. The van der Waals surface area contributed by atoms with Gasteiger partial charge in [-0.15, -0.1) is 0 Å². The highest BCUT2D eigenvalue weighted by molar-refractivity contribution is 5.76. The van der Waals surface area contributed by atoms with Gasteiger partial charge in [0.25, 0.3) is 0 Å². The summed E-state index contributed by atoms with van der Waals surface area (Å²) >= 11 is 0. The van der Waals surface area contributed by atoms with Crippen molar-refractivity contribution in [2.24, 2.45) is 0 Å². The summed E-state index contributed by atoms with van der Waals surface area (Å²) < 4.78 is 0. The van der Waals surface area contributed by atoms with Crippen molar-refractivity contribution in [1.29, 1.82) is 0 Å². The van der Waals surface area contributed by atoms with E-state index in [4.69, 9.17) is 0 Å². The van der Waals surface area contributed by atoms with Gasteiger partial charge in [0, 0.05) is 0 Å². The lowest BCUT2D eigenvalue weighted by atomic mass is 9.82. The first kappa shape index (κ1) is 14.7. The predicted molar refractivity (Wildman–Crippen MR) is 74.1 cm³/mol. The van der Waals surface area contributed by atoms with Crippen LogP contribution in [0.2, 0.25) is 0 Å². The molecule has 1 unspecified atom stereocenters. The summed E-state index contributed by atoms with van der Waals surface area (Å²) in [5.74, 6) is -0.841. The standard InChI is InChI=1S/C15H23NO2/c1-9-7-11(15(3,4)5)8-10(2)12(9)13(16-6)14(17)18/h7-8,13,16H,1-6H3,(H,17,18). The lowest BCUT2D eigenvalue weighted by Gasteiger charge is -2.24. The fraction of sp³-hybridized carbons (Fsp3) is 0.533. The van der Waals surface area contributed by atoms with Crippen LogP contribution >= 0.6 is 0 Å². The topological polar surface area (TPSA) is 49.3 Å². The highest BCUT2D eigenvalue weighted by atomic mass is 16.4. The van der Waals surface area contributed by atoms with Crippen LogP contribution in [-0.2, 0) is 10.2 Å². The van der Waals surface area contributed by atoms with E-state index in [-0.39, 0.29) is 5.41 Å². The molecule has 2 N–H and O–H groups in total. The van der Waals surface area contributed by atoms with E-state index >= 15 is 0 Å². The summed E-state index contributed by atoms with van der Waals surface area (Å²) in [6.07, 6.45) is 0. The Morgan fingerprint density at radius 1 is 1.22 bits per heavy atom. The second kappa shape index (κ2) is 5.11. The van der Waals surface area contributed by atoms with Gasteiger partial charge in [0.2, 0.25) is 0 Å². The average molecular weight is 249 g/mol. The third-order valence-electron chi connectivity index (χ3n) is 3.28. The minimum atomic E-state index is -0.841. The van der Waals surface area contributed by atoms with Crippen LogP contribution in [0.4, 0.5) is 0 Å². The van der Waals surface area contributed by atoms with Gasteiger partial charge in [-0.2, -0.15) is 0 Å². The highest BCUT2D eigenvalue weighted by Gasteiger charge is 2.23. The molecule has 1 aromatic rings. The van der Waals surface area contributed by atoms with Crippen molar-refractivity contribution in [3.05, 3.63) is 34.4 Å². The first-order chi connectivity index (χ1) is 8.18. The zero-order chi connectivity index (χ0) is 14.1. The number of hydrogen-bond donors (Lipinski definition) is 2. The zero-order valence-corrected chi connectivity index (χ0v) is 12.1. The molecule has 100 valence electrons. The lowest BCUT2D eigenvalue weighted by molar-refractivity contribution is -0.139. The second-order valence-electron chi connectivity index (χ2n) is 5.83. The van der Waals surface area contributed by atoms with Gasteiger partial charge in [0.05, 0.1) is 0 Å². The molecule has 0 bridgehead atoms. The van der Waals surface area contributed by atoms with E-state index in [1.54, 1.807) is 7.05 Å². The third kappa shape index (κ3) is 2.91. The molecule has 0 saturated carbocycles. The molecule has 0 amide bonds. The summed E-state index contributed by atoms with van der Waals surface area (Å²) in [6, 6.07) is 3.55. The van der Waals surface area contributed by atoms with Crippen molar-refractivity contribution in [2.75, 3.05) is 7.05 Å². The van der Waals surface area contributed by atoms with Crippen LogP contribution in [0.3, 0.4) is 0 Å². The number of likely N-dealkylation sites (N-methyl/N-ethyl adjacent to an activating group) is 1. The summed E-state index contributed by atoms with van der Waals surface area (Å²) in [7, 11) is 1.68. The molecule has 3 heteroatoms. The van der Waals surface area contributed by atoms with E-state index in [1.807, 2.05) is 13.8 Å². The molecule has 0 spiro atoms. The molecule has 1 rings (SSSR count). The van der Waals surface area contributed by atoms with Gasteiger partial charge in [-0.05, 0) is 48.6 Å². The lowest BCUT2D eigenvalue weighted by Crippen LogP contribution is -2.27. The monoisotopic (exact) mass is 249 g/mol. The Bertz CT molecular complexity index is 435. The minimum Gasteiger partial charge on any atom is -0.480 e. The second-order valence-corrected chi connectivity index (χ2v) is 5.83. The van der Waals surface area contributed by atoms with Crippen LogP contribution < -0.4 is 5.32 Å². The first-order valence-electron chi connectivity index (χ1n) is 6.20. The summed E-state index contributed by atoms with van der Waals surface area (Å²) in [5.41, 5.74) is 4.25. The molecule has 0 heterocycles. The number of rotatable bonds is 3.